The molecule has 2 atom stereocenters. The summed E-state index contributed by atoms with van der Waals surface area (Å²) in [6, 6.07) is 3.71. The first-order valence-electron chi connectivity index (χ1n) is 8.08. The van der Waals surface area contributed by atoms with Gasteiger partial charge in [-0.05, 0) is 37.8 Å². The van der Waals surface area contributed by atoms with E-state index in [1.807, 2.05) is 17.0 Å². The molecule has 4 rings (SSSR count). The van der Waals surface area contributed by atoms with Crippen molar-refractivity contribution >= 4 is 5.91 Å². The zero-order chi connectivity index (χ0) is 15.6. The van der Waals surface area contributed by atoms with Gasteiger partial charge >= 0.3 is 0 Å². The molecule has 0 radical (unpaired) electrons. The number of amides is 1. The summed E-state index contributed by atoms with van der Waals surface area (Å²) in [5.41, 5.74) is 0.914. The summed E-state index contributed by atoms with van der Waals surface area (Å²) in [4.78, 5) is 23.1. The van der Waals surface area contributed by atoms with Crippen molar-refractivity contribution in [2.24, 2.45) is 0 Å². The Morgan fingerprint density at radius 2 is 2.13 bits per heavy atom. The Labute approximate surface area is 134 Å². The first-order valence-corrected chi connectivity index (χ1v) is 8.08. The van der Waals surface area contributed by atoms with Gasteiger partial charge in [-0.1, -0.05) is 0 Å². The molecule has 2 aromatic rings. The van der Waals surface area contributed by atoms with Crippen molar-refractivity contribution in [3.63, 3.8) is 0 Å². The fourth-order valence-electron chi connectivity index (χ4n) is 3.33. The molecule has 2 aliphatic rings. The van der Waals surface area contributed by atoms with E-state index in [0.29, 0.717) is 12.4 Å². The van der Waals surface area contributed by atoms with Gasteiger partial charge < -0.3 is 9.64 Å². The normalized spacial score (nSPS) is 24.3. The summed E-state index contributed by atoms with van der Waals surface area (Å²) in [6.07, 6.45) is 6.82. The largest absolute Gasteiger partial charge is 0.368 e. The molecule has 0 spiro atoms. The Bertz CT molecular complexity index is 681. The third-order valence-electron chi connectivity index (χ3n) is 4.50. The molecule has 4 heterocycles. The lowest BCUT2D eigenvalue weighted by atomic mass is 10.1. The van der Waals surface area contributed by atoms with Crippen LogP contribution < -0.4 is 0 Å². The van der Waals surface area contributed by atoms with Gasteiger partial charge in [0.25, 0.3) is 5.91 Å². The number of likely N-dealkylation sites (tertiary alicyclic amines) is 1. The van der Waals surface area contributed by atoms with Gasteiger partial charge in [0.2, 0.25) is 0 Å². The van der Waals surface area contributed by atoms with E-state index < -0.39 is 0 Å². The van der Waals surface area contributed by atoms with E-state index in [1.54, 1.807) is 12.4 Å². The molecule has 0 bridgehead atoms. The molecular weight excluding hydrogens is 294 g/mol. The van der Waals surface area contributed by atoms with E-state index in [2.05, 4.69) is 20.2 Å². The summed E-state index contributed by atoms with van der Waals surface area (Å²) < 4.78 is 5.54. The second-order valence-electron chi connectivity index (χ2n) is 5.97. The van der Waals surface area contributed by atoms with Crippen molar-refractivity contribution in [2.75, 3.05) is 13.2 Å². The van der Waals surface area contributed by atoms with E-state index in [0.717, 1.165) is 43.6 Å². The van der Waals surface area contributed by atoms with Crippen LogP contribution in [0.15, 0.2) is 24.5 Å². The molecule has 2 fully saturated rings. The van der Waals surface area contributed by atoms with Crippen LogP contribution in [-0.2, 0) is 9.53 Å². The maximum atomic E-state index is 12.6. The van der Waals surface area contributed by atoms with E-state index in [-0.39, 0.29) is 18.1 Å². The predicted octanol–water partition coefficient (Wildman–Crippen LogP) is 1.71. The number of hydrogen-bond donors (Lipinski definition) is 1. The molecular formula is C16H19N5O2. The van der Waals surface area contributed by atoms with Gasteiger partial charge in [-0.15, -0.1) is 0 Å². The number of hydrogen-bond acceptors (Lipinski definition) is 5. The molecule has 0 aliphatic carbocycles. The number of carbonyl (C=O) groups excluding carboxylic acids is 1. The van der Waals surface area contributed by atoms with Crippen molar-refractivity contribution in [3.8, 4) is 11.4 Å². The topological polar surface area (TPSA) is 84.0 Å². The van der Waals surface area contributed by atoms with Gasteiger partial charge in [0.05, 0.1) is 6.04 Å². The summed E-state index contributed by atoms with van der Waals surface area (Å²) in [5, 5.41) is 7.29. The number of aromatic nitrogens is 4. The van der Waals surface area contributed by atoms with Gasteiger partial charge in [0.1, 0.15) is 11.9 Å². The van der Waals surface area contributed by atoms with Crippen molar-refractivity contribution < 1.29 is 9.53 Å². The first-order chi connectivity index (χ1) is 11.3. The standard InChI is InChI=1S/C16H19N5O2/c22-16(13-4-2-10-23-13)21-9-1-3-12(21)15-18-14(19-20-15)11-5-7-17-8-6-11/h5-8,12-13H,1-4,9-10H2,(H,18,19,20)/t12-,13-/m0/s1. The highest BCUT2D eigenvalue weighted by atomic mass is 16.5. The highest BCUT2D eigenvalue weighted by molar-refractivity contribution is 5.81. The number of pyridine rings is 1. The van der Waals surface area contributed by atoms with E-state index in [4.69, 9.17) is 4.74 Å². The third-order valence-corrected chi connectivity index (χ3v) is 4.50. The quantitative estimate of drug-likeness (QED) is 0.932. The average Bonchev–Trinajstić information content (AvgIpc) is 3.35. The van der Waals surface area contributed by atoms with Crippen LogP contribution >= 0.6 is 0 Å². The van der Waals surface area contributed by atoms with Crippen LogP contribution in [0.1, 0.15) is 37.5 Å². The van der Waals surface area contributed by atoms with Gasteiger partial charge in [-0.3, -0.25) is 14.9 Å². The van der Waals surface area contributed by atoms with E-state index >= 15 is 0 Å². The number of carbonyl (C=O) groups is 1. The van der Waals surface area contributed by atoms with Crippen LogP contribution in [0.25, 0.3) is 11.4 Å². The number of aromatic amines is 1. The van der Waals surface area contributed by atoms with Crippen molar-refractivity contribution in [1.82, 2.24) is 25.1 Å². The molecule has 120 valence electrons. The molecule has 0 aromatic carbocycles. The van der Waals surface area contributed by atoms with Gasteiger partial charge in [0.15, 0.2) is 5.82 Å². The fraction of sp³-hybridized carbons (Fsp3) is 0.500. The smallest absolute Gasteiger partial charge is 0.252 e. The Morgan fingerprint density at radius 1 is 1.26 bits per heavy atom. The van der Waals surface area contributed by atoms with Crippen LogP contribution in [0.2, 0.25) is 0 Å². The summed E-state index contributed by atoms with van der Waals surface area (Å²) in [5.74, 6) is 1.48. The minimum absolute atomic E-state index is 0.0326. The van der Waals surface area contributed by atoms with Crippen LogP contribution in [0.5, 0.6) is 0 Å². The van der Waals surface area contributed by atoms with Gasteiger partial charge in [-0.2, -0.15) is 5.10 Å². The second kappa shape index (κ2) is 6.08. The summed E-state index contributed by atoms with van der Waals surface area (Å²) >= 11 is 0. The maximum Gasteiger partial charge on any atom is 0.252 e. The molecule has 1 N–H and O–H groups in total. The van der Waals surface area contributed by atoms with Crippen molar-refractivity contribution in [1.29, 1.82) is 0 Å². The monoisotopic (exact) mass is 313 g/mol. The lowest BCUT2D eigenvalue weighted by molar-refractivity contribution is -0.142. The highest BCUT2D eigenvalue weighted by Crippen LogP contribution is 2.32. The molecule has 23 heavy (non-hydrogen) atoms. The number of H-pyrrole nitrogens is 1. The number of nitrogens with zero attached hydrogens (tertiary/aromatic N) is 4. The van der Waals surface area contributed by atoms with Crippen molar-refractivity contribution in [3.05, 3.63) is 30.4 Å². The molecule has 2 aliphatic heterocycles. The lowest BCUT2D eigenvalue weighted by Gasteiger charge is -2.25. The van der Waals surface area contributed by atoms with E-state index in [1.165, 1.54) is 0 Å². The predicted molar refractivity (Wildman–Crippen MR) is 82.3 cm³/mol. The Hall–Kier alpha value is -2.28. The minimum atomic E-state index is -0.279. The molecule has 2 saturated heterocycles. The molecule has 1 amide bonds. The highest BCUT2D eigenvalue weighted by Gasteiger charge is 2.37. The lowest BCUT2D eigenvalue weighted by Crippen LogP contribution is -2.38. The second-order valence-corrected chi connectivity index (χ2v) is 5.97. The fourth-order valence-corrected chi connectivity index (χ4v) is 3.33. The average molecular weight is 313 g/mol. The Morgan fingerprint density at radius 3 is 2.91 bits per heavy atom. The van der Waals surface area contributed by atoms with Crippen LogP contribution in [0, 0.1) is 0 Å². The molecule has 7 nitrogen and oxygen atoms in total. The zero-order valence-corrected chi connectivity index (χ0v) is 12.8. The molecule has 2 aromatic heterocycles. The van der Waals surface area contributed by atoms with Crippen LogP contribution in [0.4, 0.5) is 0 Å². The summed E-state index contributed by atoms with van der Waals surface area (Å²) in [6.45, 7) is 1.44. The number of ether oxygens (including phenoxy) is 1. The summed E-state index contributed by atoms with van der Waals surface area (Å²) in [7, 11) is 0. The number of nitrogens with one attached hydrogen (secondary N) is 1. The third kappa shape index (κ3) is 2.72. The van der Waals surface area contributed by atoms with Crippen LogP contribution in [-0.4, -0.2) is 50.2 Å². The maximum absolute atomic E-state index is 12.6. The first kappa shape index (κ1) is 14.3. The molecule has 7 heteroatoms. The Kier molecular flexibility index (Phi) is 3.78. The van der Waals surface area contributed by atoms with Gasteiger partial charge in [0, 0.05) is 31.1 Å². The molecule has 0 unspecified atom stereocenters. The van der Waals surface area contributed by atoms with Gasteiger partial charge in [-0.25, -0.2) is 4.98 Å². The van der Waals surface area contributed by atoms with Crippen molar-refractivity contribution in [2.45, 2.75) is 37.8 Å². The zero-order valence-electron chi connectivity index (χ0n) is 12.8. The number of rotatable bonds is 3. The van der Waals surface area contributed by atoms with Crippen LogP contribution in [0.3, 0.4) is 0 Å². The molecule has 0 saturated carbocycles. The van der Waals surface area contributed by atoms with E-state index in [9.17, 15) is 4.79 Å². The SMILES string of the molecule is O=C([C@@H]1CCCO1)N1CCC[C@H]1c1nc(-c2ccncc2)n[nH]1. The Balaban J connectivity index is 1.55. The minimum Gasteiger partial charge on any atom is -0.368 e.